The van der Waals surface area contributed by atoms with E-state index < -0.39 is 254 Å². The zero-order valence-corrected chi connectivity index (χ0v) is 74.0. The van der Waals surface area contributed by atoms with Gasteiger partial charge in [-0.2, -0.15) is 0 Å². The number of rotatable bonds is 58. The molecule has 17 amide bonds. The molecule has 133 heavy (non-hydrogen) atoms. The molecule has 15 atom stereocenters. The van der Waals surface area contributed by atoms with Gasteiger partial charge >= 0.3 is 5.97 Å². The zero-order chi connectivity index (χ0) is 98.9. The van der Waals surface area contributed by atoms with E-state index in [1.807, 2.05) is 0 Å². The van der Waals surface area contributed by atoms with Crippen molar-refractivity contribution < 1.29 is 107 Å². The fourth-order valence-corrected chi connectivity index (χ4v) is 13.3. The van der Waals surface area contributed by atoms with Crippen molar-refractivity contribution in [1.82, 2.24) is 100 Å². The summed E-state index contributed by atoms with van der Waals surface area (Å²) in [6, 6.07) is -4.71. The number of primary amides is 3. The number of aromatic nitrogens is 3. The summed E-state index contributed by atoms with van der Waals surface area (Å²) in [5, 5.41) is 95.4. The van der Waals surface area contributed by atoms with Gasteiger partial charge in [0.05, 0.1) is 43.6 Å². The number of fused-ring (bicyclic) bond motifs is 1. The van der Waals surface area contributed by atoms with Crippen LogP contribution in [-0.4, -0.2) is 271 Å². The molecule has 2 heterocycles. The number of benzene rings is 3. The first-order valence-electron chi connectivity index (χ1n) is 42.5. The van der Waals surface area contributed by atoms with E-state index >= 15 is 9.59 Å². The van der Waals surface area contributed by atoms with Crippen LogP contribution in [0.3, 0.4) is 0 Å². The van der Waals surface area contributed by atoms with Crippen molar-refractivity contribution in [2.24, 2.45) is 46.1 Å². The van der Waals surface area contributed by atoms with Crippen LogP contribution in [0.1, 0.15) is 128 Å². The highest BCUT2D eigenvalue weighted by Crippen LogP contribution is 2.21. The SMILES string of the molecule is CC(C)[C@H](NC(=O)[C@@H](NC(=O)[C@@H](N)CC(=O)O)[C@@H](C)O)C(=O)N[C@@H](C)C(=O)NCC(=O)N[C@@H](C)C(=O)N[C@@H](CCCNC(=N)N)C(=O)N[C@@H](CCCCN)C(=O)N[C@@H](CC(N)=O)C(=O)N[C@@H](CCC(N)=O)C(=O)N[C@@H](Cc1ccc(O)cc1)C(=O)N[C@@H](CCCNC(=N)N)C(=O)N[C@@H](Cc1c[nH]cn1)C(=O)N[C@@H](Cc1ccc(O)cc1)C(=O)N[C@@H](Cc1c[nH]c2ccccc12)C(N)=O. The van der Waals surface area contributed by atoms with Gasteiger partial charge in [0.15, 0.2) is 11.9 Å². The number of carboxylic acids is 1. The lowest BCUT2D eigenvalue weighted by Gasteiger charge is -2.28. The van der Waals surface area contributed by atoms with Crippen LogP contribution in [0.15, 0.2) is 91.5 Å². The van der Waals surface area contributed by atoms with Gasteiger partial charge in [-0.15, -0.1) is 0 Å². The van der Waals surface area contributed by atoms with Gasteiger partial charge in [-0.1, -0.05) is 56.3 Å². The zero-order valence-electron chi connectivity index (χ0n) is 74.0. The molecule has 0 saturated heterocycles. The molecule has 0 fully saturated rings. The van der Waals surface area contributed by atoms with Crippen molar-refractivity contribution in [2.75, 3.05) is 26.2 Å². The molecule has 50 nitrogen and oxygen atoms in total. The van der Waals surface area contributed by atoms with Crippen LogP contribution in [0.2, 0.25) is 0 Å². The molecule has 0 aliphatic carbocycles. The third-order valence-corrected chi connectivity index (χ3v) is 20.5. The number of amides is 17. The Morgan fingerprint density at radius 2 is 0.865 bits per heavy atom. The predicted octanol–water partition coefficient (Wildman–Crippen LogP) is -8.85. The quantitative estimate of drug-likeness (QED) is 0.00976. The van der Waals surface area contributed by atoms with Gasteiger partial charge in [-0.25, -0.2) is 4.98 Å². The number of carbonyl (C=O) groups is 18. The number of nitrogens with one attached hydrogen (secondary N) is 20. The maximum absolute atomic E-state index is 15.1. The van der Waals surface area contributed by atoms with Crippen molar-refractivity contribution in [3.63, 3.8) is 0 Å². The number of H-pyrrole nitrogens is 2. The number of carboxylic acid groups (broad SMARTS) is 1. The normalized spacial score (nSPS) is 14.4. The molecular formula is C83H122N28O22. The van der Waals surface area contributed by atoms with Crippen molar-refractivity contribution in [3.8, 4) is 11.5 Å². The third kappa shape index (κ3) is 38.2. The maximum Gasteiger partial charge on any atom is 0.305 e. The van der Waals surface area contributed by atoms with E-state index in [4.69, 9.17) is 56.1 Å². The Balaban J connectivity index is 1.37. The molecule has 726 valence electrons. The van der Waals surface area contributed by atoms with Crippen LogP contribution in [-0.2, 0) is 112 Å². The highest BCUT2D eigenvalue weighted by atomic mass is 16.4. The second-order valence-electron chi connectivity index (χ2n) is 31.8. The lowest BCUT2D eigenvalue weighted by Crippen LogP contribution is -2.61. The van der Waals surface area contributed by atoms with Crippen molar-refractivity contribution in [1.29, 1.82) is 10.8 Å². The topological polar surface area (TPSA) is 855 Å². The molecule has 3 aromatic carbocycles. The molecular weight excluding hydrogens is 1740 g/mol. The number of aromatic amines is 2. The number of hydrogen-bond acceptors (Lipinski definition) is 26. The first-order valence-corrected chi connectivity index (χ1v) is 42.5. The number of nitrogens with two attached hydrogens (primary N) is 7. The molecule has 0 unspecified atom stereocenters. The minimum atomic E-state index is -2.02. The largest absolute Gasteiger partial charge is 0.508 e. The molecule has 38 N–H and O–H groups in total. The number of hydrogen-bond donors (Lipinski definition) is 31. The van der Waals surface area contributed by atoms with Crippen molar-refractivity contribution >= 4 is 129 Å². The number of guanidine groups is 2. The number of aliphatic hydroxyl groups excluding tert-OH is 1. The van der Waals surface area contributed by atoms with Crippen LogP contribution < -0.4 is 125 Å². The highest BCUT2D eigenvalue weighted by molar-refractivity contribution is 6.02. The number of para-hydroxylation sites is 1. The van der Waals surface area contributed by atoms with E-state index in [1.165, 1.54) is 88.8 Å². The van der Waals surface area contributed by atoms with Gasteiger partial charge in [0.25, 0.3) is 0 Å². The van der Waals surface area contributed by atoms with Crippen LogP contribution >= 0.6 is 0 Å². The molecule has 50 heteroatoms. The molecule has 5 rings (SSSR count). The smallest absolute Gasteiger partial charge is 0.305 e. The van der Waals surface area contributed by atoms with Crippen LogP contribution in [0.4, 0.5) is 0 Å². The molecule has 0 spiro atoms. The summed E-state index contributed by atoms with van der Waals surface area (Å²) < 4.78 is 0. The summed E-state index contributed by atoms with van der Waals surface area (Å²) in [5.41, 5.74) is 41.8. The summed E-state index contributed by atoms with van der Waals surface area (Å²) in [5.74, 6) is -21.4. The summed E-state index contributed by atoms with van der Waals surface area (Å²) in [7, 11) is 0. The molecule has 5 aromatic rings. The number of aliphatic carboxylic acids is 1. The molecule has 0 saturated carbocycles. The van der Waals surface area contributed by atoms with E-state index in [-0.39, 0.29) is 107 Å². The Morgan fingerprint density at radius 1 is 0.429 bits per heavy atom. The standard InChI is InChI=1S/C83H122N28O22/c1-40(2)66(110-81(133)67(43(5)112)111-71(123)51(85)34-65(118)119)80(132)100-41(3)69(121)97-38-64(117)99-42(4)70(122)101-54(15-10-28-94-82(89)90)72(124)102-53(14-8-9-27-84)73(125)109-61(35-63(87)116)79(131)104-56(25-26-62(86)115)75(127)106-58(30-44-17-21-48(113)22-18-44)76(128)103-55(16-11-29-95-83(91)92)74(126)108-60(33-47-37-93-39-98-47)78(130)107-59(31-45-19-23-49(114)24-20-45)77(129)105-57(68(88)120)32-46-36-96-52-13-7-6-12-50(46)52/h6-7,12-13,17-24,36-37,39-43,51,53-61,66-67,96,112-114H,8-11,14-16,25-35,38,84-85H2,1-5H3,(H2,86,115)(H2,87,116)(H2,88,120)(H,93,98)(H,97,121)(H,99,117)(H,100,132)(H,101,122)(H,102,124)(H,103,128)(H,104,131)(H,105,129)(H,106,127)(H,107,130)(H,108,126)(H,109,125)(H,110,133)(H,111,123)(H,118,119)(H4,89,90,94)(H4,91,92,95)/t41-,42-,43+,51-,53-,54-,55-,56-,57-,58-,59-,60-,61-,66-,67-/m0/s1. The minimum Gasteiger partial charge on any atom is -0.508 e. The van der Waals surface area contributed by atoms with E-state index in [9.17, 15) is 92.0 Å². The number of carbonyl (C=O) groups excluding carboxylic acids is 17. The fraction of sp³-hybridized carbons (Fsp3) is 0.482. The summed E-state index contributed by atoms with van der Waals surface area (Å²) in [6.07, 6.45) is -2.03. The summed E-state index contributed by atoms with van der Waals surface area (Å²) in [6.45, 7) is 5.72. The highest BCUT2D eigenvalue weighted by Gasteiger charge is 2.39. The van der Waals surface area contributed by atoms with E-state index in [0.29, 0.717) is 11.1 Å². The second kappa shape index (κ2) is 54.4. The average Bonchev–Trinajstić information content (AvgIpc) is 1.72. The van der Waals surface area contributed by atoms with Gasteiger partial charge in [-0.3, -0.25) is 97.1 Å². The first-order chi connectivity index (χ1) is 62.8. The number of nitrogens with zero attached hydrogens (tertiary/aromatic N) is 1. The number of imidazole rings is 1. The number of aliphatic hydroxyl groups is 1. The fourth-order valence-electron chi connectivity index (χ4n) is 13.3. The summed E-state index contributed by atoms with van der Waals surface area (Å²) in [4.78, 5) is 258. The van der Waals surface area contributed by atoms with E-state index in [2.05, 4.69) is 100 Å². The average molecular weight is 1860 g/mol. The lowest BCUT2D eigenvalue weighted by molar-refractivity contribution is -0.140. The van der Waals surface area contributed by atoms with E-state index in [0.717, 1.165) is 17.8 Å². The van der Waals surface area contributed by atoms with E-state index in [1.54, 1.807) is 30.5 Å². The number of phenols is 2. The molecule has 0 bridgehead atoms. The number of phenolic OH excluding ortho intramolecular Hbond substituents is 2. The van der Waals surface area contributed by atoms with Crippen LogP contribution in [0.25, 0.3) is 10.9 Å². The van der Waals surface area contributed by atoms with Gasteiger partial charge in [-0.05, 0) is 132 Å². The Morgan fingerprint density at radius 3 is 1.32 bits per heavy atom. The first kappa shape index (κ1) is 108. The second-order valence-corrected chi connectivity index (χ2v) is 31.8. The van der Waals surface area contributed by atoms with Gasteiger partial charge in [0.1, 0.15) is 90.0 Å². The number of aromatic hydroxyl groups is 2. The molecule has 0 aliphatic rings. The third-order valence-electron chi connectivity index (χ3n) is 20.5. The molecule has 2 aromatic heterocycles. The lowest BCUT2D eigenvalue weighted by atomic mass is 10.0. The van der Waals surface area contributed by atoms with Gasteiger partial charge in [0.2, 0.25) is 100 Å². The Kier molecular flexibility index (Phi) is 44.3. The van der Waals surface area contributed by atoms with Crippen molar-refractivity contribution in [3.05, 3.63) is 114 Å². The van der Waals surface area contributed by atoms with Gasteiger partial charge < -0.3 is 156 Å². The Bertz CT molecular complexity index is 4880. The molecule has 0 radical (unpaired) electrons. The molecule has 0 aliphatic heterocycles. The van der Waals surface area contributed by atoms with Crippen LogP contribution in [0, 0.1) is 16.7 Å². The minimum absolute atomic E-state index is 0.00204. The Hall–Kier alpha value is -15.1. The Labute approximate surface area is 762 Å². The number of unbranched alkanes of at least 4 members (excludes halogenated alkanes) is 1. The van der Waals surface area contributed by atoms with Gasteiger partial charge in [0, 0.05) is 68.5 Å². The maximum atomic E-state index is 15.1. The van der Waals surface area contributed by atoms with Crippen LogP contribution in [0.5, 0.6) is 11.5 Å². The van der Waals surface area contributed by atoms with Crippen molar-refractivity contribution in [2.45, 2.75) is 222 Å². The monoisotopic (exact) mass is 1860 g/mol. The predicted molar refractivity (Wildman–Crippen MR) is 477 cm³/mol. The summed E-state index contributed by atoms with van der Waals surface area (Å²) >= 11 is 0.